The van der Waals surface area contributed by atoms with Crippen LogP contribution < -0.4 is 5.43 Å². The van der Waals surface area contributed by atoms with E-state index in [1.54, 1.807) is 0 Å². The van der Waals surface area contributed by atoms with E-state index in [9.17, 15) is 4.79 Å². The van der Waals surface area contributed by atoms with Gasteiger partial charge in [0.25, 0.3) is 0 Å². The number of esters is 1. The van der Waals surface area contributed by atoms with Gasteiger partial charge in [-0.25, -0.2) is 5.01 Å². The van der Waals surface area contributed by atoms with Crippen LogP contribution in [0.4, 0.5) is 0 Å². The summed E-state index contributed by atoms with van der Waals surface area (Å²) in [7, 11) is 0. The maximum absolute atomic E-state index is 11.5. The second kappa shape index (κ2) is 5.19. The van der Waals surface area contributed by atoms with E-state index in [2.05, 4.69) is 5.43 Å². The lowest BCUT2D eigenvalue weighted by atomic mass is 10.2. The van der Waals surface area contributed by atoms with Crippen LogP contribution in [0.25, 0.3) is 0 Å². The van der Waals surface area contributed by atoms with Crippen molar-refractivity contribution in [1.82, 2.24) is 10.4 Å². The molecule has 0 aromatic carbocycles. The highest BCUT2D eigenvalue weighted by atomic mass is 16.5. The van der Waals surface area contributed by atoms with Gasteiger partial charge in [-0.1, -0.05) is 6.92 Å². The van der Waals surface area contributed by atoms with Gasteiger partial charge < -0.3 is 4.74 Å². The lowest BCUT2D eigenvalue weighted by Gasteiger charge is -2.24. The van der Waals surface area contributed by atoms with Crippen molar-refractivity contribution in [3.05, 3.63) is 0 Å². The van der Waals surface area contributed by atoms with Gasteiger partial charge in [-0.2, -0.15) is 0 Å². The van der Waals surface area contributed by atoms with Crippen molar-refractivity contribution >= 4 is 5.97 Å². The lowest BCUT2D eigenvalue weighted by molar-refractivity contribution is -0.150. The first-order valence-electron chi connectivity index (χ1n) is 4.96. The van der Waals surface area contributed by atoms with Crippen molar-refractivity contribution < 1.29 is 9.53 Å². The molecule has 0 aliphatic carbocycles. The maximum Gasteiger partial charge on any atom is 0.324 e. The van der Waals surface area contributed by atoms with E-state index in [4.69, 9.17) is 4.74 Å². The zero-order valence-electron chi connectivity index (χ0n) is 8.38. The van der Waals surface area contributed by atoms with E-state index >= 15 is 0 Å². The first-order valence-corrected chi connectivity index (χ1v) is 4.96. The fraction of sp³-hybridized carbons (Fsp3) is 0.889. The first kappa shape index (κ1) is 10.5. The topological polar surface area (TPSA) is 41.6 Å². The third-order valence-electron chi connectivity index (χ3n) is 2.21. The fourth-order valence-electron chi connectivity index (χ4n) is 1.57. The molecule has 4 nitrogen and oxygen atoms in total. The third kappa shape index (κ3) is 2.67. The summed E-state index contributed by atoms with van der Waals surface area (Å²) in [5.41, 5.74) is 3.18. The molecule has 1 N–H and O–H groups in total. The molecule has 1 saturated heterocycles. The standard InChI is InChI=1S/C9H18N2O2/c1-3-8(9(12)13-4-2)11-7-5-6-10-11/h8,10H,3-7H2,1-2H3. The van der Waals surface area contributed by atoms with Crippen molar-refractivity contribution in [3.63, 3.8) is 0 Å². The molecule has 0 saturated carbocycles. The van der Waals surface area contributed by atoms with Crippen molar-refractivity contribution in [2.45, 2.75) is 32.7 Å². The smallest absolute Gasteiger partial charge is 0.324 e. The minimum Gasteiger partial charge on any atom is -0.465 e. The Balaban J connectivity index is 2.44. The number of carbonyl (C=O) groups is 1. The Hall–Kier alpha value is -0.610. The second-order valence-electron chi connectivity index (χ2n) is 3.13. The van der Waals surface area contributed by atoms with Crippen molar-refractivity contribution in [1.29, 1.82) is 0 Å². The molecule has 0 radical (unpaired) electrons. The molecule has 1 rings (SSSR count). The molecule has 13 heavy (non-hydrogen) atoms. The van der Waals surface area contributed by atoms with Crippen molar-refractivity contribution in [2.75, 3.05) is 19.7 Å². The Labute approximate surface area is 79.2 Å². The van der Waals surface area contributed by atoms with E-state index in [0.29, 0.717) is 6.61 Å². The van der Waals surface area contributed by atoms with Gasteiger partial charge in [-0.05, 0) is 19.8 Å². The van der Waals surface area contributed by atoms with Crippen molar-refractivity contribution in [3.8, 4) is 0 Å². The number of hydrogen-bond acceptors (Lipinski definition) is 4. The van der Waals surface area contributed by atoms with Crippen LogP contribution in [0.3, 0.4) is 0 Å². The largest absolute Gasteiger partial charge is 0.465 e. The van der Waals surface area contributed by atoms with Crippen LogP contribution in [0.1, 0.15) is 26.7 Å². The van der Waals surface area contributed by atoms with Crippen LogP contribution in [0.5, 0.6) is 0 Å². The van der Waals surface area contributed by atoms with Gasteiger partial charge in [0.1, 0.15) is 6.04 Å². The summed E-state index contributed by atoms with van der Waals surface area (Å²) >= 11 is 0. The van der Waals surface area contributed by atoms with E-state index in [0.717, 1.165) is 25.9 Å². The van der Waals surface area contributed by atoms with Crippen LogP contribution in [0.2, 0.25) is 0 Å². The summed E-state index contributed by atoms with van der Waals surface area (Å²) in [6.07, 6.45) is 1.90. The highest BCUT2D eigenvalue weighted by Crippen LogP contribution is 2.08. The van der Waals surface area contributed by atoms with E-state index in [-0.39, 0.29) is 12.0 Å². The number of nitrogens with one attached hydrogen (secondary N) is 1. The molecular weight excluding hydrogens is 168 g/mol. The minimum atomic E-state index is -0.112. The number of ether oxygens (including phenoxy) is 1. The average molecular weight is 186 g/mol. The van der Waals surface area contributed by atoms with Gasteiger partial charge >= 0.3 is 5.97 Å². The molecule has 0 bridgehead atoms. The summed E-state index contributed by atoms with van der Waals surface area (Å²) in [4.78, 5) is 11.5. The molecule has 1 fully saturated rings. The normalized spacial score (nSPS) is 20.2. The Kier molecular flexibility index (Phi) is 4.18. The summed E-state index contributed by atoms with van der Waals surface area (Å²) in [5, 5.41) is 1.98. The lowest BCUT2D eigenvalue weighted by Crippen LogP contribution is -2.45. The van der Waals surface area contributed by atoms with E-state index < -0.39 is 0 Å². The Morgan fingerprint density at radius 1 is 1.62 bits per heavy atom. The molecule has 1 unspecified atom stereocenters. The van der Waals surface area contributed by atoms with Gasteiger partial charge in [0.15, 0.2) is 0 Å². The molecule has 0 amide bonds. The molecule has 76 valence electrons. The number of rotatable bonds is 4. The van der Waals surface area contributed by atoms with Crippen molar-refractivity contribution in [2.24, 2.45) is 0 Å². The predicted octanol–water partition coefficient (Wildman–Crippen LogP) is 0.538. The van der Waals surface area contributed by atoms with Crippen LogP contribution in [0.15, 0.2) is 0 Å². The van der Waals surface area contributed by atoms with E-state index in [1.165, 1.54) is 0 Å². The van der Waals surface area contributed by atoms with Gasteiger partial charge in [-0.3, -0.25) is 10.2 Å². The maximum atomic E-state index is 11.5. The van der Waals surface area contributed by atoms with Crippen LogP contribution >= 0.6 is 0 Å². The zero-order chi connectivity index (χ0) is 9.68. The number of carbonyl (C=O) groups excluding carboxylic acids is 1. The summed E-state index contributed by atoms with van der Waals surface area (Å²) in [6.45, 7) is 6.21. The Bertz CT molecular complexity index is 167. The number of hydrogen-bond donors (Lipinski definition) is 1. The fourth-order valence-corrected chi connectivity index (χ4v) is 1.57. The number of nitrogens with zero attached hydrogens (tertiary/aromatic N) is 1. The minimum absolute atomic E-state index is 0.109. The SMILES string of the molecule is CCOC(=O)C(CC)N1CCCN1. The van der Waals surface area contributed by atoms with Crippen LogP contribution in [0, 0.1) is 0 Å². The van der Waals surface area contributed by atoms with Crippen LogP contribution in [-0.2, 0) is 9.53 Å². The quantitative estimate of drug-likeness (QED) is 0.651. The molecule has 1 heterocycles. The van der Waals surface area contributed by atoms with Gasteiger partial charge in [0, 0.05) is 13.1 Å². The molecule has 0 aromatic rings. The molecule has 0 aromatic heterocycles. The van der Waals surface area contributed by atoms with E-state index in [1.807, 2.05) is 18.9 Å². The van der Waals surface area contributed by atoms with Gasteiger partial charge in [-0.15, -0.1) is 0 Å². The summed E-state index contributed by atoms with van der Waals surface area (Å²) in [6, 6.07) is -0.109. The van der Waals surface area contributed by atoms with Crippen LogP contribution in [-0.4, -0.2) is 36.7 Å². The monoisotopic (exact) mass is 186 g/mol. The number of hydrazine groups is 1. The molecule has 1 aliphatic heterocycles. The predicted molar refractivity (Wildman–Crippen MR) is 50.0 cm³/mol. The molecule has 4 heteroatoms. The molecular formula is C9H18N2O2. The zero-order valence-corrected chi connectivity index (χ0v) is 8.38. The summed E-state index contributed by atoms with van der Waals surface area (Å²) in [5.74, 6) is -0.112. The van der Waals surface area contributed by atoms with Gasteiger partial charge in [0.05, 0.1) is 6.61 Å². The molecule has 1 atom stereocenters. The van der Waals surface area contributed by atoms with Gasteiger partial charge in [0.2, 0.25) is 0 Å². The third-order valence-corrected chi connectivity index (χ3v) is 2.21. The highest BCUT2D eigenvalue weighted by Gasteiger charge is 2.27. The highest BCUT2D eigenvalue weighted by molar-refractivity contribution is 5.75. The Morgan fingerprint density at radius 3 is 2.85 bits per heavy atom. The Morgan fingerprint density at radius 2 is 2.38 bits per heavy atom. The molecule has 0 spiro atoms. The second-order valence-corrected chi connectivity index (χ2v) is 3.13. The summed E-state index contributed by atoms with van der Waals surface area (Å²) < 4.78 is 4.99. The average Bonchev–Trinajstić information content (AvgIpc) is 2.59. The molecule has 1 aliphatic rings. The first-order chi connectivity index (χ1) is 6.29.